The molecule has 0 atom stereocenters. The van der Waals surface area contributed by atoms with Crippen LogP contribution >= 0.6 is 0 Å². The Kier molecular flexibility index (Phi) is 3.33. The fourth-order valence-electron chi connectivity index (χ4n) is 2.68. The molecular formula is C13H17F2NO. The normalized spacial score (nSPS) is 17.6. The van der Waals surface area contributed by atoms with E-state index in [0.717, 1.165) is 19.3 Å². The van der Waals surface area contributed by atoms with Crippen LogP contribution in [0.15, 0.2) is 12.1 Å². The number of hydrogen-bond donors (Lipinski definition) is 1. The Hall–Kier alpha value is -1.16. The molecule has 0 heterocycles. The molecule has 94 valence electrons. The molecule has 1 aromatic carbocycles. The highest BCUT2D eigenvalue weighted by Crippen LogP contribution is 2.48. The SMILES string of the molecule is COc1cc(F)c(C2(CCN)CCC2)c(F)c1. The summed E-state index contributed by atoms with van der Waals surface area (Å²) in [5.41, 5.74) is 5.34. The second-order valence-electron chi connectivity index (χ2n) is 4.64. The molecule has 2 rings (SSSR count). The molecule has 1 aromatic rings. The van der Waals surface area contributed by atoms with Crippen molar-refractivity contribution in [1.29, 1.82) is 0 Å². The van der Waals surface area contributed by atoms with Gasteiger partial charge in [-0.1, -0.05) is 6.42 Å². The maximum Gasteiger partial charge on any atom is 0.133 e. The van der Waals surface area contributed by atoms with Crippen LogP contribution in [0.3, 0.4) is 0 Å². The second-order valence-corrected chi connectivity index (χ2v) is 4.64. The van der Waals surface area contributed by atoms with Gasteiger partial charge in [0.15, 0.2) is 0 Å². The first kappa shape index (κ1) is 12.3. The van der Waals surface area contributed by atoms with Crippen molar-refractivity contribution >= 4 is 0 Å². The van der Waals surface area contributed by atoms with Gasteiger partial charge in [-0.15, -0.1) is 0 Å². The lowest BCUT2D eigenvalue weighted by atomic mass is 9.62. The van der Waals surface area contributed by atoms with Gasteiger partial charge < -0.3 is 10.5 Å². The molecule has 2 N–H and O–H groups in total. The number of methoxy groups -OCH3 is 1. The van der Waals surface area contributed by atoms with Gasteiger partial charge in [-0.3, -0.25) is 0 Å². The molecule has 0 aliphatic heterocycles. The molecule has 2 nitrogen and oxygen atoms in total. The van der Waals surface area contributed by atoms with Gasteiger partial charge in [0.2, 0.25) is 0 Å². The van der Waals surface area contributed by atoms with Crippen LogP contribution in [-0.4, -0.2) is 13.7 Å². The van der Waals surface area contributed by atoms with Crippen LogP contribution in [-0.2, 0) is 5.41 Å². The van der Waals surface area contributed by atoms with Crippen molar-refractivity contribution in [3.8, 4) is 5.75 Å². The number of nitrogens with two attached hydrogens (primary N) is 1. The van der Waals surface area contributed by atoms with E-state index in [1.165, 1.54) is 19.2 Å². The lowest BCUT2D eigenvalue weighted by molar-refractivity contribution is 0.213. The number of benzene rings is 1. The van der Waals surface area contributed by atoms with Gasteiger partial charge in [0, 0.05) is 23.1 Å². The quantitative estimate of drug-likeness (QED) is 0.879. The van der Waals surface area contributed by atoms with Crippen LogP contribution < -0.4 is 10.5 Å². The van der Waals surface area contributed by atoms with Crippen molar-refractivity contribution in [3.05, 3.63) is 29.3 Å². The predicted molar refractivity (Wildman–Crippen MR) is 62.1 cm³/mol. The molecule has 0 spiro atoms. The molecule has 4 heteroatoms. The monoisotopic (exact) mass is 241 g/mol. The molecule has 1 saturated carbocycles. The molecule has 0 unspecified atom stereocenters. The summed E-state index contributed by atoms with van der Waals surface area (Å²) in [6.07, 6.45) is 3.26. The Bertz CT molecular complexity index is 393. The number of hydrogen-bond acceptors (Lipinski definition) is 2. The summed E-state index contributed by atoms with van der Waals surface area (Å²) in [5.74, 6) is -0.823. The number of rotatable bonds is 4. The van der Waals surface area contributed by atoms with E-state index in [0.29, 0.717) is 13.0 Å². The van der Waals surface area contributed by atoms with Crippen molar-refractivity contribution in [1.82, 2.24) is 0 Å². The molecule has 0 radical (unpaired) electrons. The summed E-state index contributed by atoms with van der Waals surface area (Å²) >= 11 is 0. The minimum atomic E-state index is -0.519. The molecule has 0 bridgehead atoms. The van der Waals surface area contributed by atoms with Crippen LogP contribution in [0.25, 0.3) is 0 Å². The first-order valence-corrected chi connectivity index (χ1v) is 5.86. The molecule has 1 aliphatic carbocycles. The first-order valence-electron chi connectivity index (χ1n) is 5.86. The van der Waals surface area contributed by atoms with Crippen molar-refractivity contribution in [2.24, 2.45) is 5.73 Å². The Labute approximate surface area is 99.8 Å². The van der Waals surface area contributed by atoms with E-state index >= 15 is 0 Å². The molecule has 0 saturated heterocycles. The van der Waals surface area contributed by atoms with Crippen LogP contribution in [0.4, 0.5) is 8.78 Å². The van der Waals surface area contributed by atoms with Gasteiger partial charge in [0.05, 0.1) is 7.11 Å². The zero-order chi connectivity index (χ0) is 12.5. The van der Waals surface area contributed by atoms with Crippen molar-refractivity contribution in [2.75, 3.05) is 13.7 Å². The van der Waals surface area contributed by atoms with Gasteiger partial charge in [0.1, 0.15) is 17.4 Å². The standard InChI is InChI=1S/C13H17F2NO/c1-17-9-7-10(14)12(11(15)8-9)13(5-6-16)3-2-4-13/h7-8H,2-6,16H2,1H3. The maximum atomic E-state index is 14.0. The molecular weight excluding hydrogens is 224 g/mol. The summed E-state index contributed by atoms with van der Waals surface area (Å²) in [6.45, 7) is 0.449. The van der Waals surface area contributed by atoms with Crippen molar-refractivity contribution in [2.45, 2.75) is 31.1 Å². The lowest BCUT2D eigenvalue weighted by Crippen LogP contribution is -2.38. The third-order valence-corrected chi connectivity index (χ3v) is 3.72. The highest BCUT2D eigenvalue weighted by molar-refractivity contribution is 5.37. The summed E-state index contributed by atoms with van der Waals surface area (Å²) < 4.78 is 32.8. The number of ether oxygens (including phenoxy) is 1. The van der Waals surface area contributed by atoms with E-state index < -0.39 is 17.0 Å². The molecule has 17 heavy (non-hydrogen) atoms. The Morgan fingerprint density at radius 2 is 1.88 bits per heavy atom. The van der Waals surface area contributed by atoms with Crippen molar-refractivity contribution < 1.29 is 13.5 Å². The Morgan fingerprint density at radius 1 is 1.29 bits per heavy atom. The van der Waals surface area contributed by atoms with E-state index in [4.69, 9.17) is 10.5 Å². The second kappa shape index (κ2) is 4.61. The predicted octanol–water partition coefficient (Wildman–Crippen LogP) is 2.74. The molecule has 1 aliphatic rings. The number of halogens is 2. The van der Waals surface area contributed by atoms with Crippen molar-refractivity contribution in [3.63, 3.8) is 0 Å². The largest absolute Gasteiger partial charge is 0.497 e. The van der Waals surface area contributed by atoms with Gasteiger partial charge in [-0.25, -0.2) is 8.78 Å². The van der Waals surface area contributed by atoms with E-state index in [-0.39, 0.29) is 11.3 Å². The van der Waals surface area contributed by atoms with E-state index in [1.54, 1.807) is 0 Å². The fourth-order valence-corrected chi connectivity index (χ4v) is 2.68. The average molecular weight is 241 g/mol. The Morgan fingerprint density at radius 3 is 2.24 bits per heavy atom. The zero-order valence-electron chi connectivity index (χ0n) is 9.93. The zero-order valence-corrected chi connectivity index (χ0v) is 9.93. The summed E-state index contributed by atoms with van der Waals surface area (Å²) in [6, 6.07) is 2.49. The van der Waals surface area contributed by atoms with Crippen LogP contribution in [0.5, 0.6) is 5.75 Å². The summed E-state index contributed by atoms with van der Waals surface area (Å²) in [4.78, 5) is 0. The Balaban J connectivity index is 2.44. The minimum Gasteiger partial charge on any atom is -0.497 e. The van der Waals surface area contributed by atoms with Crippen LogP contribution in [0.2, 0.25) is 0 Å². The maximum absolute atomic E-state index is 14.0. The van der Waals surface area contributed by atoms with Gasteiger partial charge in [-0.05, 0) is 25.8 Å². The summed E-state index contributed by atoms with van der Waals surface area (Å²) in [7, 11) is 1.40. The van der Waals surface area contributed by atoms with E-state index in [1.807, 2.05) is 0 Å². The first-order chi connectivity index (χ1) is 8.13. The van der Waals surface area contributed by atoms with E-state index in [2.05, 4.69) is 0 Å². The third kappa shape index (κ3) is 2.02. The van der Waals surface area contributed by atoms with E-state index in [9.17, 15) is 8.78 Å². The highest BCUT2D eigenvalue weighted by atomic mass is 19.1. The van der Waals surface area contributed by atoms with Gasteiger partial charge in [-0.2, -0.15) is 0 Å². The average Bonchev–Trinajstić information content (AvgIpc) is 2.24. The molecule has 0 aromatic heterocycles. The third-order valence-electron chi connectivity index (χ3n) is 3.72. The van der Waals surface area contributed by atoms with Crippen LogP contribution in [0, 0.1) is 11.6 Å². The minimum absolute atomic E-state index is 0.190. The van der Waals surface area contributed by atoms with Crippen LogP contribution in [0.1, 0.15) is 31.2 Å². The van der Waals surface area contributed by atoms with Gasteiger partial charge >= 0.3 is 0 Å². The molecule has 1 fully saturated rings. The molecule has 0 amide bonds. The lowest BCUT2D eigenvalue weighted by Gasteiger charge is -2.42. The smallest absolute Gasteiger partial charge is 0.133 e. The topological polar surface area (TPSA) is 35.2 Å². The van der Waals surface area contributed by atoms with Gasteiger partial charge in [0.25, 0.3) is 0 Å². The highest BCUT2D eigenvalue weighted by Gasteiger charge is 2.42. The summed E-state index contributed by atoms with van der Waals surface area (Å²) in [5, 5.41) is 0. The fraction of sp³-hybridized carbons (Fsp3) is 0.538.